The van der Waals surface area contributed by atoms with Crippen molar-refractivity contribution in [2.45, 2.75) is 194 Å². The van der Waals surface area contributed by atoms with Gasteiger partial charge in [-0.2, -0.15) is 0 Å². The highest BCUT2D eigenvalue weighted by Gasteiger charge is 2.02. The fourth-order valence-corrected chi connectivity index (χ4v) is 6.05. The van der Waals surface area contributed by atoms with Gasteiger partial charge in [0.15, 0.2) is 5.52 Å². The van der Waals surface area contributed by atoms with Gasteiger partial charge in [0.2, 0.25) is 0 Å². The fourth-order valence-electron chi connectivity index (χ4n) is 4.99. The minimum Gasteiger partial charge on any atom is -0.295 e. The molecule has 36 heavy (non-hydrogen) atoms. The van der Waals surface area contributed by atoms with E-state index in [4.69, 9.17) is 0 Å². The maximum atomic E-state index is 12.1. The Morgan fingerprint density at radius 3 is 1.19 bits per heavy atom. The third-order valence-corrected chi connectivity index (χ3v) is 8.77. The first-order chi connectivity index (χ1) is 17.8. The number of rotatable bonds is 31. The third kappa shape index (κ3) is 31.9. The summed E-state index contributed by atoms with van der Waals surface area (Å²) in [6, 6.07) is 0. The molecule has 0 aliphatic rings. The Bertz CT molecular complexity index is 444. The van der Waals surface area contributed by atoms with Gasteiger partial charge in [0, 0.05) is 6.42 Å². The lowest BCUT2D eigenvalue weighted by Crippen LogP contribution is -1.92. The lowest BCUT2D eigenvalue weighted by atomic mass is 10.0. The lowest BCUT2D eigenvalue weighted by Gasteiger charge is -2.04. The SMILES string of the molecule is CCCCCCCC/C=C\CCCCCCCCPC(=O)CCCCCCCCCCCCCCC. The quantitative estimate of drug-likeness (QED) is 0.0502. The first kappa shape index (κ1) is 35.8. The molecule has 0 bridgehead atoms. The van der Waals surface area contributed by atoms with Crippen LogP contribution in [0.5, 0.6) is 0 Å². The van der Waals surface area contributed by atoms with Crippen molar-refractivity contribution in [3.8, 4) is 0 Å². The zero-order valence-electron chi connectivity index (χ0n) is 25.1. The highest BCUT2D eigenvalue weighted by atomic mass is 31.1. The number of carbonyl (C=O) groups excluding carboxylic acids is 1. The van der Waals surface area contributed by atoms with Crippen LogP contribution in [0.25, 0.3) is 0 Å². The average Bonchev–Trinajstić information content (AvgIpc) is 2.88. The van der Waals surface area contributed by atoms with Crippen LogP contribution in [0.3, 0.4) is 0 Å². The molecular weight excluding hydrogens is 455 g/mol. The van der Waals surface area contributed by atoms with Crippen LogP contribution < -0.4 is 0 Å². The molecule has 1 atom stereocenters. The summed E-state index contributed by atoms with van der Waals surface area (Å²) in [5, 5.41) is 0. The molecule has 0 rings (SSSR count). The van der Waals surface area contributed by atoms with Crippen molar-refractivity contribution in [3.05, 3.63) is 12.2 Å². The van der Waals surface area contributed by atoms with E-state index in [0.717, 1.165) is 19.0 Å². The molecule has 1 nitrogen and oxygen atoms in total. The Morgan fingerprint density at radius 1 is 0.444 bits per heavy atom. The summed E-state index contributed by atoms with van der Waals surface area (Å²) in [7, 11) is 0.580. The molecule has 0 spiro atoms. The van der Waals surface area contributed by atoms with Crippen molar-refractivity contribution in [2.24, 2.45) is 0 Å². The van der Waals surface area contributed by atoms with Crippen molar-refractivity contribution in [2.75, 3.05) is 6.16 Å². The Kier molecular flexibility index (Phi) is 32.7. The minimum absolute atomic E-state index is 0.547. The summed E-state index contributed by atoms with van der Waals surface area (Å²) in [5.41, 5.74) is 0.547. The third-order valence-electron chi connectivity index (χ3n) is 7.52. The summed E-state index contributed by atoms with van der Waals surface area (Å²) in [4.78, 5) is 12.1. The maximum Gasteiger partial charge on any atom is 0.151 e. The highest BCUT2D eigenvalue weighted by molar-refractivity contribution is 7.57. The van der Waals surface area contributed by atoms with Crippen LogP contribution in [0.4, 0.5) is 0 Å². The van der Waals surface area contributed by atoms with Gasteiger partial charge >= 0.3 is 0 Å². The summed E-state index contributed by atoms with van der Waals surface area (Å²) in [6.45, 7) is 4.57. The van der Waals surface area contributed by atoms with Gasteiger partial charge in [-0.3, -0.25) is 4.79 Å². The number of hydrogen-bond acceptors (Lipinski definition) is 1. The van der Waals surface area contributed by atoms with Crippen LogP contribution >= 0.6 is 8.58 Å². The predicted octanol–water partition coefficient (Wildman–Crippen LogP) is 12.7. The summed E-state index contributed by atoms with van der Waals surface area (Å²) < 4.78 is 0. The van der Waals surface area contributed by atoms with Crippen LogP contribution in [0, 0.1) is 0 Å². The van der Waals surface area contributed by atoms with Gasteiger partial charge in [-0.25, -0.2) is 0 Å². The predicted molar refractivity (Wildman–Crippen MR) is 168 cm³/mol. The standard InChI is InChI=1S/C34H67OP/c1-3-5-7-9-11-13-15-17-18-19-21-23-25-27-29-31-33-36-34(35)32-30-28-26-24-22-20-16-14-12-10-8-6-4-2/h17-18,36H,3-16,19-33H2,1-2H3/b18-17-. The van der Waals surface area contributed by atoms with Gasteiger partial charge in [0.25, 0.3) is 0 Å². The molecule has 0 N–H and O–H groups in total. The van der Waals surface area contributed by atoms with Gasteiger partial charge in [-0.05, 0) is 44.7 Å². The molecule has 0 aliphatic carbocycles. The molecule has 0 saturated carbocycles. The van der Waals surface area contributed by atoms with E-state index in [2.05, 4.69) is 26.0 Å². The largest absolute Gasteiger partial charge is 0.295 e. The van der Waals surface area contributed by atoms with Crippen LogP contribution in [0.1, 0.15) is 194 Å². The Morgan fingerprint density at radius 2 is 0.778 bits per heavy atom. The molecule has 0 amide bonds. The first-order valence-electron chi connectivity index (χ1n) is 16.7. The molecule has 214 valence electrons. The van der Waals surface area contributed by atoms with Crippen LogP contribution in [0.2, 0.25) is 0 Å². The monoisotopic (exact) mass is 522 g/mol. The van der Waals surface area contributed by atoms with E-state index in [-0.39, 0.29) is 0 Å². The molecular formula is C34H67OP. The Balaban J connectivity index is 3.18. The van der Waals surface area contributed by atoms with E-state index >= 15 is 0 Å². The van der Waals surface area contributed by atoms with Crippen LogP contribution in [0.15, 0.2) is 12.2 Å². The molecule has 2 heteroatoms. The molecule has 0 aromatic carbocycles. The first-order valence-corrected chi connectivity index (χ1v) is 17.9. The Labute approximate surface area is 230 Å². The van der Waals surface area contributed by atoms with E-state index < -0.39 is 0 Å². The minimum atomic E-state index is 0.547. The van der Waals surface area contributed by atoms with E-state index in [0.29, 0.717) is 14.1 Å². The van der Waals surface area contributed by atoms with Crippen molar-refractivity contribution in [1.82, 2.24) is 0 Å². The molecule has 1 unspecified atom stereocenters. The summed E-state index contributed by atoms with van der Waals surface area (Å²) in [6.07, 6.45) is 43.7. The number of allylic oxidation sites excluding steroid dienone is 2. The van der Waals surface area contributed by atoms with E-state index in [1.165, 1.54) is 167 Å². The van der Waals surface area contributed by atoms with Gasteiger partial charge < -0.3 is 0 Å². The molecule has 0 aliphatic heterocycles. The van der Waals surface area contributed by atoms with E-state index in [9.17, 15) is 4.79 Å². The molecule has 0 aromatic rings. The maximum absolute atomic E-state index is 12.1. The molecule has 0 fully saturated rings. The second-order valence-electron chi connectivity index (χ2n) is 11.3. The Hall–Kier alpha value is -0.160. The van der Waals surface area contributed by atoms with E-state index in [1.807, 2.05) is 0 Å². The van der Waals surface area contributed by atoms with Gasteiger partial charge in [-0.15, -0.1) is 0 Å². The number of carbonyl (C=O) groups is 1. The van der Waals surface area contributed by atoms with Crippen molar-refractivity contribution < 1.29 is 4.79 Å². The van der Waals surface area contributed by atoms with Gasteiger partial charge in [0.05, 0.1) is 0 Å². The number of unbranched alkanes of at least 4 members (excludes halogenated alkanes) is 24. The fraction of sp³-hybridized carbons (Fsp3) is 0.912. The molecule has 0 saturated heterocycles. The lowest BCUT2D eigenvalue weighted by molar-refractivity contribution is -0.111. The van der Waals surface area contributed by atoms with Crippen molar-refractivity contribution >= 4 is 14.1 Å². The molecule has 0 aromatic heterocycles. The second-order valence-corrected chi connectivity index (χ2v) is 12.7. The smallest absolute Gasteiger partial charge is 0.151 e. The van der Waals surface area contributed by atoms with Gasteiger partial charge in [-0.1, -0.05) is 169 Å². The topological polar surface area (TPSA) is 17.1 Å². The van der Waals surface area contributed by atoms with E-state index in [1.54, 1.807) is 0 Å². The molecule has 0 heterocycles. The summed E-state index contributed by atoms with van der Waals surface area (Å²) in [5.74, 6) is 0. The molecule has 0 radical (unpaired) electrons. The second kappa shape index (κ2) is 32.9. The van der Waals surface area contributed by atoms with Crippen molar-refractivity contribution in [1.29, 1.82) is 0 Å². The number of hydrogen-bond donors (Lipinski definition) is 0. The zero-order chi connectivity index (χ0) is 26.2. The zero-order valence-corrected chi connectivity index (χ0v) is 26.1. The van der Waals surface area contributed by atoms with Gasteiger partial charge in [0.1, 0.15) is 0 Å². The van der Waals surface area contributed by atoms with Crippen molar-refractivity contribution in [3.63, 3.8) is 0 Å². The average molecular weight is 523 g/mol. The van der Waals surface area contributed by atoms with Crippen LogP contribution in [-0.2, 0) is 4.79 Å². The normalized spacial score (nSPS) is 11.9. The van der Waals surface area contributed by atoms with Crippen LogP contribution in [-0.4, -0.2) is 11.7 Å². The highest BCUT2D eigenvalue weighted by Crippen LogP contribution is 2.20. The summed E-state index contributed by atoms with van der Waals surface area (Å²) >= 11 is 0.